The number of hydrogen-bond acceptors (Lipinski definition) is 6. The van der Waals surface area contributed by atoms with Gasteiger partial charge in [0.2, 0.25) is 0 Å². The van der Waals surface area contributed by atoms with Crippen LogP contribution in [0.1, 0.15) is 138 Å². The topological polar surface area (TPSA) is 59.1 Å². The molecule has 1 rings (SSSR count). The van der Waals surface area contributed by atoms with Crippen molar-refractivity contribution >= 4 is 11.9 Å². The molecule has 230 valence electrons. The molecule has 0 heterocycles. The van der Waals surface area contributed by atoms with Gasteiger partial charge >= 0.3 is 11.9 Å². The number of unbranched alkanes of at least 4 members (excludes halogenated alkanes) is 12. The first-order valence-electron chi connectivity index (χ1n) is 16.4. The number of benzene rings is 1. The molecule has 0 amide bonds. The van der Waals surface area contributed by atoms with Crippen molar-refractivity contribution in [1.82, 2.24) is 9.80 Å². The van der Waals surface area contributed by atoms with Crippen molar-refractivity contribution in [3.8, 4) is 0 Å². The molecular weight excluding hydrogens is 500 g/mol. The molecule has 1 aromatic rings. The second-order valence-electron chi connectivity index (χ2n) is 11.0. The first-order valence-corrected chi connectivity index (χ1v) is 16.4. The largest absolute Gasteiger partial charge is 0.461 e. The summed E-state index contributed by atoms with van der Waals surface area (Å²) in [4.78, 5) is 29.6. The normalized spacial score (nSPS) is 11.3. The van der Waals surface area contributed by atoms with E-state index in [1.54, 1.807) is 24.3 Å². The third-order valence-electron chi connectivity index (χ3n) is 7.69. The van der Waals surface area contributed by atoms with E-state index in [4.69, 9.17) is 9.47 Å². The van der Waals surface area contributed by atoms with Gasteiger partial charge in [0.25, 0.3) is 0 Å². The third-order valence-corrected chi connectivity index (χ3v) is 7.69. The van der Waals surface area contributed by atoms with Gasteiger partial charge in [-0.3, -0.25) is 0 Å². The molecule has 0 radical (unpaired) electrons. The standard InChI is InChI=1S/C34H60N2O4/c1-5-9-11-13-15-17-19-25-35(7-3)27-29-39-33(37)31-21-23-32(24-22-31)34(38)40-30-28-36(8-4)26-20-18-16-14-12-10-6-2/h21-24H,5-20,25-30H2,1-4H3. The van der Waals surface area contributed by atoms with Crippen LogP contribution in [0.4, 0.5) is 0 Å². The zero-order valence-electron chi connectivity index (χ0n) is 26.4. The summed E-state index contributed by atoms with van der Waals surface area (Å²) in [6.45, 7) is 15.1. The molecule has 0 bridgehead atoms. The Kier molecular flexibility index (Phi) is 22.4. The summed E-state index contributed by atoms with van der Waals surface area (Å²) in [5.41, 5.74) is 0.914. The molecule has 0 N–H and O–H groups in total. The number of ether oxygens (including phenoxy) is 2. The lowest BCUT2D eigenvalue weighted by atomic mass is 10.1. The number of rotatable bonds is 26. The van der Waals surface area contributed by atoms with Crippen molar-refractivity contribution in [3.05, 3.63) is 35.4 Å². The van der Waals surface area contributed by atoms with E-state index in [9.17, 15) is 9.59 Å². The average molecular weight is 561 g/mol. The quantitative estimate of drug-likeness (QED) is 0.0842. The molecule has 0 aromatic heterocycles. The van der Waals surface area contributed by atoms with E-state index in [1.807, 2.05) is 0 Å². The Balaban J connectivity index is 2.25. The monoisotopic (exact) mass is 560 g/mol. The molecule has 6 heteroatoms. The van der Waals surface area contributed by atoms with Crippen molar-refractivity contribution in [1.29, 1.82) is 0 Å². The van der Waals surface area contributed by atoms with Gasteiger partial charge in [-0.1, -0.05) is 105 Å². The summed E-state index contributed by atoms with van der Waals surface area (Å²) in [6, 6.07) is 6.59. The van der Waals surface area contributed by atoms with Crippen LogP contribution in [0.15, 0.2) is 24.3 Å². The number of carbonyl (C=O) groups is 2. The van der Waals surface area contributed by atoms with Gasteiger partial charge in [0.15, 0.2) is 0 Å². The van der Waals surface area contributed by atoms with Gasteiger partial charge in [-0.25, -0.2) is 9.59 Å². The van der Waals surface area contributed by atoms with Crippen LogP contribution >= 0.6 is 0 Å². The van der Waals surface area contributed by atoms with Crippen molar-refractivity contribution in [3.63, 3.8) is 0 Å². The van der Waals surface area contributed by atoms with Gasteiger partial charge in [0.1, 0.15) is 13.2 Å². The fraction of sp³-hybridized carbons (Fsp3) is 0.765. The number of carbonyl (C=O) groups excluding carboxylic acids is 2. The second kappa shape index (κ2) is 24.8. The minimum absolute atomic E-state index is 0.351. The highest BCUT2D eigenvalue weighted by Crippen LogP contribution is 2.10. The van der Waals surface area contributed by atoms with Crippen LogP contribution in [0, 0.1) is 0 Å². The van der Waals surface area contributed by atoms with E-state index in [1.165, 1.54) is 89.9 Å². The van der Waals surface area contributed by atoms with E-state index in [2.05, 4.69) is 37.5 Å². The Morgan fingerprint density at radius 1 is 0.500 bits per heavy atom. The van der Waals surface area contributed by atoms with Crippen LogP contribution in [0.5, 0.6) is 0 Å². The first-order chi connectivity index (χ1) is 19.5. The SMILES string of the molecule is CCCCCCCCCN(CC)CCOC(=O)c1ccc(C(=O)OCCN(CC)CCCCCCCCC)cc1. The Hall–Kier alpha value is -1.92. The maximum atomic E-state index is 12.5. The Labute approximate surface area is 246 Å². The molecule has 0 saturated carbocycles. The first kappa shape index (κ1) is 36.1. The van der Waals surface area contributed by atoms with E-state index in [0.717, 1.165) is 39.3 Å². The lowest BCUT2D eigenvalue weighted by molar-refractivity contribution is 0.0449. The summed E-state index contributed by atoms with van der Waals surface area (Å²) >= 11 is 0. The molecule has 0 saturated heterocycles. The van der Waals surface area contributed by atoms with Crippen molar-refractivity contribution in [2.24, 2.45) is 0 Å². The Morgan fingerprint density at radius 2 is 0.825 bits per heavy atom. The summed E-state index contributed by atoms with van der Waals surface area (Å²) in [5.74, 6) is -0.702. The molecule has 40 heavy (non-hydrogen) atoms. The van der Waals surface area contributed by atoms with Crippen LogP contribution in [0.3, 0.4) is 0 Å². The molecule has 0 unspecified atom stereocenters. The van der Waals surface area contributed by atoms with Crippen molar-refractivity contribution < 1.29 is 19.1 Å². The smallest absolute Gasteiger partial charge is 0.338 e. The Morgan fingerprint density at radius 3 is 1.15 bits per heavy atom. The highest BCUT2D eigenvalue weighted by atomic mass is 16.5. The number of likely N-dealkylation sites (N-methyl/N-ethyl adjacent to an activating group) is 2. The van der Waals surface area contributed by atoms with Gasteiger partial charge in [0, 0.05) is 13.1 Å². The lowest BCUT2D eigenvalue weighted by Gasteiger charge is -2.20. The van der Waals surface area contributed by atoms with Gasteiger partial charge < -0.3 is 19.3 Å². The summed E-state index contributed by atoms with van der Waals surface area (Å²) in [5, 5.41) is 0. The molecule has 0 spiro atoms. The summed E-state index contributed by atoms with van der Waals surface area (Å²) < 4.78 is 11.0. The van der Waals surface area contributed by atoms with Crippen LogP contribution in [-0.2, 0) is 9.47 Å². The summed E-state index contributed by atoms with van der Waals surface area (Å²) in [6.07, 6.45) is 18.2. The van der Waals surface area contributed by atoms with Gasteiger partial charge in [-0.2, -0.15) is 0 Å². The predicted molar refractivity (Wildman–Crippen MR) is 167 cm³/mol. The molecule has 0 aliphatic rings. The molecule has 0 aliphatic carbocycles. The second-order valence-corrected chi connectivity index (χ2v) is 11.0. The van der Waals surface area contributed by atoms with Crippen LogP contribution in [-0.4, -0.2) is 74.2 Å². The van der Waals surface area contributed by atoms with E-state index in [-0.39, 0.29) is 11.9 Å². The summed E-state index contributed by atoms with van der Waals surface area (Å²) in [7, 11) is 0. The minimum Gasteiger partial charge on any atom is -0.461 e. The molecule has 0 aliphatic heterocycles. The third kappa shape index (κ3) is 17.7. The maximum Gasteiger partial charge on any atom is 0.338 e. The average Bonchev–Trinajstić information content (AvgIpc) is 2.98. The van der Waals surface area contributed by atoms with Crippen LogP contribution in [0.25, 0.3) is 0 Å². The molecule has 0 fully saturated rings. The zero-order chi connectivity index (χ0) is 29.3. The van der Waals surface area contributed by atoms with E-state index >= 15 is 0 Å². The number of nitrogens with zero attached hydrogens (tertiary/aromatic N) is 2. The van der Waals surface area contributed by atoms with E-state index < -0.39 is 0 Å². The molecular formula is C34H60N2O4. The lowest BCUT2D eigenvalue weighted by Crippen LogP contribution is -2.29. The van der Waals surface area contributed by atoms with Crippen LogP contribution in [0.2, 0.25) is 0 Å². The van der Waals surface area contributed by atoms with E-state index in [0.29, 0.717) is 24.3 Å². The highest BCUT2D eigenvalue weighted by molar-refractivity contribution is 5.93. The highest BCUT2D eigenvalue weighted by Gasteiger charge is 2.12. The van der Waals surface area contributed by atoms with Gasteiger partial charge in [0.05, 0.1) is 11.1 Å². The van der Waals surface area contributed by atoms with Crippen LogP contribution < -0.4 is 0 Å². The van der Waals surface area contributed by atoms with Crippen molar-refractivity contribution in [2.75, 3.05) is 52.5 Å². The zero-order valence-corrected chi connectivity index (χ0v) is 26.4. The minimum atomic E-state index is -0.351. The number of esters is 2. The fourth-order valence-corrected chi connectivity index (χ4v) is 4.89. The molecule has 1 aromatic carbocycles. The fourth-order valence-electron chi connectivity index (χ4n) is 4.89. The molecule has 6 nitrogen and oxygen atoms in total. The Bertz CT molecular complexity index is 690. The molecule has 0 atom stereocenters. The van der Waals surface area contributed by atoms with Crippen molar-refractivity contribution in [2.45, 2.75) is 118 Å². The van der Waals surface area contributed by atoms with Gasteiger partial charge in [-0.05, 0) is 63.3 Å². The maximum absolute atomic E-state index is 12.5. The predicted octanol–water partition coefficient (Wildman–Crippen LogP) is 8.15. The number of hydrogen-bond donors (Lipinski definition) is 0. The van der Waals surface area contributed by atoms with Gasteiger partial charge in [-0.15, -0.1) is 0 Å².